The Kier molecular flexibility index (Phi) is 5.68. The van der Waals surface area contributed by atoms with Crippen molar-refractivity contribution in [1.82, 2.24) is 5.32 Å². The molecule has 24 heavy (non-hydrogen) atoms. The number of rotatable bonds is 5. The van der Waals surface area contributed by atoms with E-state index < -0.39 is 11.9 Å². The van der Waals surface area contributed by atoms with Gasteiger partial charge in [0, 0.05) is 18.2 Å². The number of carbonyl (C=O) groups excluding carboxylic acids is 3. The van der Waals surface area contributed by atoms with Crippen molar-refractivity contribution >= 4 is 23.5 Å². The number of aryl methyl sites for hydroxylation is 1. The molecule has 0 aromatic heterocycles. The molecule has 0 saturated carbocycles. The van der Waals surface area contributed by atoms with Gasteiger partial charge in [0.25, 0.3) is 5.91 Å². The summed E-state index contributed by atoms with van der Waals surface area (Å²) in [6.07, 6.45) is 0. The summed E-state index contributed by atoms with van der Waals surface area (Å²) >= 11 is 0. The highest BCUT2D eigenvalue weighted by Crippen LogP contribution is 2.12. The zero-order valence-corrected chi connectivity index (χ0v) is 13.5. The fourth-order valence-corrected chi connectivity index (χ4v) is 1.97. The molecule has 2 aromatic carbocycles. The molecule has 2 aromatic rings. The molecule has 0 bridgehead atoms. The fraction of sp³-hybridized carbons (Fsp3) is 0.167. The van der Waals surface area contributed by atoms with Crippen molar-refractivity contribution in [2.75, 3.05) is 11.9 Å². The molecule has 0 heterocycles. The van der Waals surface area contributed by atoms with Gasteiger partial charge < -0.3 is 15.4 Å². The Morgan fingerprint density at radius 3 is 2.42 bits per heavy atom. The topological polar surface area (TPSA) is 84.5 Å². The molecule has 0 spiro atoms. The Morgan fingerprint density at radius 2 is 1.75 bits per heavy atom. The molecule has 0 aliphatic rings. The third-order valence-corrected chi connectivity index (χ3v) is 3.09. The predicted molar refractivity (Wildman–Crippen MR) is 89.9 cm³/mol. The number of esters is 1. The van der Waals surface area contributed by atoms with Crippen LogP contribution in [0.4, 0.5) is 5.69 Å². The number of hydrogen-bond acceptors (Lipinski definition) is 4. The van der Waals surface area contributed by atoms with Gasteiger partial charge in [-0.15, -0.1) is 0 Å². The molecule has 0 saturated heterocycles. The fourth-order valence-electron chi connectivity index (χ4n) is 1.97. The maximum Gasteiger partial charge on any atom is 0.330 e. The standard InChI is InChI=1S/C18H18N2O4/c1-12-6-8-16(9-7-12)24-17(22)11-19-18(23)14-4-3-5-15(10-14)20-13(2)21/h3-10H,11H2,1-2H3,(H,19,23)(H,20,21). The summed E-state index contributed by atoms with van der Waals surface area (Å²) < 4.78 is 5.12. The van der Waals surface area contributed by atoms with Gasteiger partial charge in [-0.3, -0.25) is 9.59 Å². The van der Waals surface area contributed by atoms with Crippen LogP contribution in [0.15, 0.2) is 48.5 Å². The molecule has 0 atom stereocenters. The van der Waals surface area contributed by atoms with Crippen molar-refractivity contribution in [3.63, 3.8) is 0 Å². The quantitative estimate of drug-likeness (QED) is 0.652. The minimum Gasteiger partial charge on any atom is -0.425 e. The number of carbonyl (C=O) groups is 3. The molecule has 0 unspecified atom stereocenters. The van der Waals surface area contributed by atoms with E-state index in [4.69, 9.17) is 4.74 Å². The van der Waals surface area contributed by atoms with Gasteiger partial charge in [0.1, 0.15) is 12.3 Å². The first-order chi connectivity index (χ1) is 11.4. The largest absolute Gasteiger partial charge is 0.425 e. The van der Waals surface area contributed by atoms with Crippen LogP contribution in [0.2, 0.25) is 0 Å². The van der Waals surface area contributed by atoms with Gasteiger partial charge >= 0.3 is 5.97 Å². The van der Waals surface area contributed by atoms with Crippen LogP contribution >= 0.6 is 0 Å². The Labute approximate surface area is 139 Å². The van der Waals surface area contributed by atoms with Crippen LogP contribution in [0, 0.1) is 6.92 Å². The van der Waals surface area contributed by atoms with Crippen molar-refractivity contribution in [1.29, 1.82) is 0 Å². The van der Waals surface area contributed by atoms with E-state index in [1.165, 1.54) is 13.0 Å². The Balaban J connectivity index is 1.89. The van der Waals surface area contributed by atoms with E-state index in [0.717, 1.165) is 5.56 Å². The molecular weight excluding hydrogens is 308 g/mol. The number of hydrogen-bond donors (Lipinski definition) is 2. The molecule has 0 aliphatic carbocycles. The molecule has 0 radical (unpaired) electrons. The van der Waals surface area contributed by atoms with Gasteiger partial charge in [-0.2, -0.15) is 0 Å². The van der Waals surface area contributed by atoms with Crippen LogP contribution in [0.1, 0.15) is 22.8 Å². The average molecular weight is 326 g/mol. The molecule has 2 amide bonds. The summed E-state index contributed by atoms with van der Waals surface area (Å²) in [4.78, 5) is 34.8. The lowest BCUT2D eigenvalue weighted by Gasteiger charge is -2.08. The van der Waals surface area contributed by atoms with Crippen molar-refractivity contribution in [2.24, 2.45) is 0 Å². The van der Waals surface area contributed by atoms with Gasteiger partial charge in [-0.25, -0.2) is 4.79 Å². The highest BCUT2D eigenvalue weighted by molar-refractivity contribution is 5.98. The van der Waals surface area contributed by atoms with Crippen molar-refractivity contribution < 1.29 is 19.1 Å². The summed E-state index contributed by atoms with van der Waals surface area (Å²) in [6.45, 7) is 3.06. The lowest BCUT2D eigenvalue weighted by atomic mass is 10.2. The summed E-state index contributed by atoms with van der Waals surface area (Å²) in [6, 6.07) is 13.5. The lowest BCUT2D eigenvalue weighted by Crippen LogP contribution is -2.31. The van der Waals surface area contributed by atoms with E-state index in [-0.39, 0.29) is 12.5 Å². The van der Waals surface area contributed by atoms with Crippen LogP contribution in [-0.2, 0) is 9.59 Å². The monoisotopic (exact) mass is 326 g/mol. The molecule has 2 N–H and O–H groups in total. The molecule has 0 fully saturated rings. The predicted octanol–water partition coefficient (Wildman–Crippen LogP) is 2.29. The smallest absolute Gasteiger partial charge is 0.330 e. The number of nitrogens with one attached hydrogen (secondary N) is 2. The lowest BCUT2D eigenvalue weighted by molar-refractivity contribution is -0.133. The minimum atomic E-state index is -0.565. The van der Waals surface area contributed by atoms with E-state index in [1.54, 1.807) is 30.3 Å². The highest BCUT2D eigenvalue weighted by Gasteiger charge is 2.10. The second-order valence-corrected chi connectivity index (χ2v) is 5.23. The summed E-state index contributed by atoms with van der Waals surface area (Å²) in [5.41, 5.74) is 1.91. The summed E-state index contributed by atoms with van der Waals surface area (Å²) in [7, 11) is 0. The molecule has 6 heteroatoms. The minimum absolute atomic E-state index is 0.228. The van der Waals surface area contributed by atoms with E-state index in [9.17, 15) is 14.4 Å². The highest BCUT2D eigenvalue weighted by atomic mass is 16.5. The van der Waals surface area contributed by atoms with E-state index in [0.29, 0.717) is 17.0 Å². The molecule has 2 rings (SSSR count). The molecular formula is C18H18N2O4. The Morgan fingerprint density at radius 1 is 1.04 bits per heavy atom. The maximum atomic E-state index is 12.1. The van der Waals surface area contributed by atoms with Crippen molar-refractivity contribution in [3.05, 3.63) is 59.7 Å². The van der Waals surface area contributed by atoms with Gasteiger partial charge in [0.2, 0.25) is 5.91 Å². The van der Waals surface area contributed by atoms with Gasteiger partial charge in [-0.05, 0) is 37.3 Å². The van der Waals surface area contributed by atoms with E-state index in [2.05, 4.69) is 10.6 Å². The number of amides is 2. The first kappa shape index (κ1) is 17.2. The van der Waals surface area contributed by atoms with Crippen LogP contribution in [0.3, 0.4) is 0 Å². The van der Waals surface area contributed by atoms with Crippen molar-refractivity contribution in [2.45, 2.75) is 13.8 Å². The zero-order valence-electron chi connectivity index (χ0n) is 13.5. The van der Waals surface area contributed by atoms with Crippen LogP contribution in [-0.4, -0.2) is 24.3 Å². The maximum absolute atomic E-state index is 12.1. The molecule has 6 nitrogen and oxygen atoms in total. The SMILES string of the molecule is CC(=O)Nc1cccc(C(=O)NCC(=O)Oc2ccc(C)cc2)c1. The van der Waals surface area contributed by atoms with Crippen LogP contribution in [0.5, 0.6) is 5.75 Å². The summed E-state index contributed by atoms with van der Waals surface area (Å²) in [5, 5.41) is 5.08. The van der Waals surface area contributed by atoms with Gasteiger partial charge in [0.15, 0.2) is 0 Å². The molecule has 0 aliphatic heterocycles. The second-order valence-electron chi connectivity index (χ2n) is 5.23. The number of ether oxygens (including phenoxy) is 1. The zero-order chi connectivity index (χ0) is 17.5. The normalized spacial score (nSPS) is 9.92. The van der Waals surface area contributed by atoms with Crippen LogP contribution in [0.25, 0.3) is 0 Å². The third-order valence-electron chi connectivity index (χ3n) is 3.09. The van der Waals surface area contributed by atoms with Crippen molar-refractivity contribution in [3.8, 4) is 5.75 Å². The number of anilines is 1. The average Bonchev–Trinajstić information content (AvgIpc) is 2.54. The Hall–Kier alpha value is -3.15. The van der Waals surface area contributed by atoms with Gasteiger partial charge in [0.05, 0.1) is 0 Å². The first-order valence-corrected chi connectivity index (χ1v) is 7.37. The number of benzene rings is 2. The van der Waals surface area contributed by atoms with Gasteiger partial charge in [-0.1, -0.05) is 23.8 Å². The third kappa shape index (κ3) is 5.24. The van der Waals surface area contributed by atoms with E-state index in [1.807, 2.05) is 19.1 Å². The molecule has 124 valence electrons. The van der Waals surface area contributed by atoms with E-state index >= 15 is 0 Å². The van der Waals surface area contributed by atoms with Crippen LogP contribution < -0.4 is 15.4 Å². The second kappa shape index (κ2) is 7.92. The Bertz CT molecular complexity index is 754. The first-order valence-electron chi connectivity index (χ1n) is 7.37. The summed E-state index contributed by atoms with van der Waals surface area (Å²) in [5.74, 6) is -0.796.